The van der Waals surface area contributed by atoms with E-state index in [-0.39, 0.29) is 0 Å². The second-order valence-electron chi connectivity index (χ2n) is 4.63. The molecule has 0 spiro atoms. The highest BCUT2D eigenvalue weighted by Gasteiger charge is 2.07. The highest BCUT2D eigenvalue weighted by atomic mass is 16.6. The van der Waals surface area contributed by atoms with Gasteiger partial charge in [-0.1, -0.05) is 12.6 Å². The average Bonchev–Trinajstić information content (AvgIpc) is 3.02. The van der Waals surface area contributed by atoms with Crippen molar-refractivity contribution in [3.8, 4) is 17.5 Å². The second kappa shape index (κ2) is 9.92. The molecule has 7 nitrogen and oxygen atoms in total. The number of aromatic nitrogens is 2. The lowest BCUT2D eigenvalue weighted by molar-refractivity contribution is -0.138. The number of aryl methyl sites for hydroxylation is 2. The Labute approximate surface area is 140 Å². The van der Waals surface area contributed by atoms with E-state index in [1.165, 1.54) is 0 Å². The molecule has 0 aliphatic carbocycles. The number of nitrogens with zero attached hydrogens (tertiary/aromatic N) is 3. The normalized spacial score (nSPS) is 9.42. The second-order valence-corrected chi connectivity index (χ2v) is 4.63. The Balaban J connectivity index is 0.000000277. The van der Waals surface area contributed by atoms with Crippen LogP contribution in [-0.4, -0.2) is 36.5 Å². The van der Waals surface area contributed by atoms with Crippen LogP contribution in [-0.2, 0) is 14.3 Å². The van der Waals surface area contributed by atoms with Crippen molar-refractivity contribution >= 4 is 5.97 Å². The summed E-state index contributed by atoms with van der Waals surface area (Å²) >= 11 is 0. The number of hydrogen-bond acceptors (Lipinski definition) is 7. The average molecular weight is 329 g/mol. The van der Waals surface area contributed by atoms with Crippen molar-refractivity contribution in [2.45, 2.75) is 13.8 Å². The number of rotatable bonds is 5. The van der Waals surface area contributed by atoms with Crippen LogP contribution in [0.5, 0.6) is 0 Å². The summed E-state index contributed by atoms with van der Waals surface area (Å²) in [6, 6.07) is 7.61. The maximum absolute atomic E-state index is 10.3. The van der Waals surface area contributed by atoms with Gasteiger partial charge in [0.15, 0.2) is 0 Å². The van der Waals surface area contributed by atoms with Gasteiger partial charge in [0.2, 0.25) is 11.8 Å². The van der Waals surface area contributed by atoms with Gasteiger partial charge >= 0.3 is 5.97 Å². The van der Waals surface area contributed by atoms with Crippen molar-refractivity contribution in [1.82, 2.24) is 10.2 Å². The van der Waals surface area contributed by atoms with Gasteiger partial charge < -0.3 is 13.9 Å². The van der Waals surface area contributed by atoms with E-state index in [4.69, 9.17) is 9.68 Å². The molecule has 1 heterocycles. The van der Waals surface area contributed by atoms with Gasteiger partial charge in [0, 0.05) is 25.7 Å². The summed E-state index contributed by atoms with van der Waals surface area (Å²) in [5, 5.41) is 16.5. The third kappa shape index (κ3) is 6.02. The molecule has 7 heteroatoms. The molecule has 24 heavy (non-hydrogen) atoms. The summed E-state index contributed by atoms with van der Waals surface area (Å²) in [4.78, 5) is 10.3. The maximum Gasteiger partial charge on any atom is 0.330 e. The molecule has 0 unspecified atom stereocenters. The van der Waals surface area contributed by atoms with E-state index >= 15 is 0 Å². The van der Waals surface area contributed by atoms with Gasteiger partial charge in [-0.3, -0.25) is 0 Å². The zero-order chi connectivity index (χ0) is 17.9. The van der Waals surface area contributed by atoms with E-state index in [1.54, 1.807) is 20.1 Å². The van der Waals surface area contributed by atoms with Crippen molar-refractivity contribution in [2.24, 2.45) is 0 Å². The largest absolute Gasteiger partial charge is 0.460 e. The standard InChI is InChI=1S/C11H9N3O.C6H10O3/c1-7-3-4-9(5-10(7)6-12)11-14-13-8(2)15-11;1-3-6(7)9-5-4-8-2/h3-5H,1-2H3;3H,1,4-5H2,2H3. The molecule has 1 aromatic carbocycles. The fourth-order valence-electron chi connectivity index (χ4n) is 1.57. The molecular formula is C17H19N3O4. The van der Waals surface area contributed by atoms with Crippen LogP contribution in [0, 0.1) is 25.2 Å². The highest BCUT2D eigenvalue weighted by molar-refractivity contribution is 5.81. The van der Waals surface area contributed by atoms with Crippen LogP contribution in [0.3, 0.4) is 0 Å². The zero-order valence-corrected chi connectivity index (χ0v) is 13.9. The van der Waals surface area contributed by atoms with Crippen LogP contribution < -0.4 is 0 Å². The van der Waals surface area contributed by atoms with Crippen LogP contribution in [0.1, 0.15) is 17.0 Å². The van der Waals surface area contributed by atoms with Crippen molar-refractivity contribution in [1.29, 1.82) is 5.26 Å². The van der Waals surface area contributed by atoms with E-state index in [2.05, 4.69) is 32.3 Å². The third-order valence-electron chi connectivity index (χ3n) is 2.83. The monoisotopic (exact) mass is 329 g/mol. The Hall–Kier alpha value is -2.98. The van der Waals surface area contributed by atoms with Gasteiger partial charge in [0.05, 0.1) is 18.2 Å². The minimum Gasteiger partial charge on any atom is -0.460 e. The fraction of sp³-hybridized carbons (Fsp3) is 0.294. The molecule has 0 saturated heterocycles. The fourth-order valence-corrected chi connectivity index (χ4v) is 1.57. The summed E-state index contributed by atoms with van der Waals surface area (Å²) in [5.74, 6) is 0.556. The first kappa shape index (κ1) is 19.1. The molecule has 1 aromatic heterocycles. The van der Waals surface area contributed by atoms with Crippen molar-refractivity contribution in [3.63, 3.8) is 0 Å². The van der Waals surface area contributed by atoms with Crippen molar-refractivity contribution in [3.05, 3.63) is 47.9 Å². The highest BCUT2D eigenvalue weighted by Crippen LogP contribution is 2.20. The molecular weight excluding hydrogens is 310 g/mol. The Morgan fingerprint density at radius 1 is 1.38 bits per heavy atom. The summed E-state index contributed by atoms with van der Waals surface area (Å²) in [6.45, 7) is 7.57. The molecule has 126 valence electrons. The Morgan fingerprint density at radius 3 is 2.67 bits per heavy atom. The van der Waals surface area contributed by atoms with Gasteiger partial charge in [0.25, 0.3) is 0 Å². The molecule has 0 aliphatic rings. The molecule has 0 amide bonds. The molecule has 0 radical (unpaired) electrons. The molecule has 0 saturated carbocycles. The van der Waals surface area contributed by atoms with E-state index in [1.807, 2.05) is 19.1 Å². The number of nitriles is 1. The van der Waals surface area contributed by atoms with Crippen LogP contribution in [0.25, 0.3) is 11.5 Å². The number of benzene rings is 1. The van der Waals surface area contributed by atoms with Crippen LogP contribution in [0.15, 0.2) is 35.3 Å². The van der Waals surface area contributed by atoms with Gasteiger partial charge in [-0.2, -0.15) is 5.26 Å². The van der Waals surface area contributed by atoms with Crippen LogP contribution in [0.4, 0.5) is 0 Å². The van der Waals surface area contributed by atoms with E-state index < -0.39 is 5.97 Å². The van der Waals surface area contributed by atoms with E-state index in [9.17, 15) is 4.79 Å². The van der Waals surface area contributed by atoms with Crippen LogP contribution in [0.2, 0.25) is 0 Å². The minimum absolute atomic E-state index is 0.293. The number of hydrogen-bond donors (Lipinski definition) is 0. The molecule has 2 rings (SSSR count). The van der Waals surface area contributed by atoms with Gasteiger partial charge in [0.1, 0.15) is 6.61 Å². The molecule has 2 aromatic rings. The molecule has 0 aliphatic heterocycles. The predicted molar refractivity (Wildman–Crippen MR) is 87.0 cm³/mol. The topological polar surface area (TPSA) is 98.2 Å². The lowest BCUT2D eigenvalue weighted by Crippen LogP contribution is -2.06. The molecule has 0 fully saturated rings. The van der Waals surface area contributed by atoms with Gasteiger partial charge in [-0.15, -0.1) is 10.2 Å². The quantitative estimate of drug-likeness (QED) is 0.472. The lowest BCUT2D eigenvalue weighted by Gasteiger charge is -1.98. The third-order valence-corrected chi connectivity index (χ3v) is 2.83. The molecule has 0 atom stereocenters. The molecule has 0 bridgehead atoms. The lowest BCUT2D eigenvalue weighted by atomic mass is 10.1. The Morgan fingerprint density at radius 2 is 2.12 bits per heavy atom. The number of carbonyl (C=O) groups is 1. The van der Waals surface area contributed by atoms with E-state index in [0.717, 1.165) is 17.2 Å². The van der Waals surface area contributed by atoms with Crippen LogP contribution >= 0.6 is 0 Å². The van der Waals surface area contributed by atoms with Gasteiger partial charge in [-0.05, 0) is 24.6 Å². The SMILES string of the molecule is C=CC(=O)OCCOC.Cc1nnc(-c2ccc(C)c(C#N)c2)o1. The maximum atomic E-state index is 10.3. The summed E-state index contributed by atoms with van der Waals surface area (Å²) in [5.41, 5.74) is 2.35. The summed E-state index contributed by atoms with van der Waals surface area (Å²) in [7, 11) is 1.54. The predicted octanol–water partition coefficient (Wildman–Crippen LogP) is 2.59. The van der Waals surface area contributed by atoms with E-state index in [0.29, 0.717) is 30.6 Å². The summed E-state index contributed by atoms with van der Waals surface area (Å²) in [6.07, 6.45) is 1.12. The summed E-state index contributed by atoms with van der Waals surface area (Å²) < 4.78 is 14.5. The number of methoxy groups -OCH3 is 1. The van der Waals surface area contributed by atoms with Crippen molar-refractivity contribution < 1.29 is 18.7 Å². The first-order valence-electron chi connectivity index (χ1n) is 7.11. The number of carbonyl (C=O) groups excluding carboxylic acids is 1. The first-order valence-corrected chi connectivity index (χ1v) is 7.11. The Bertz CT molecular complexity index is 732. The minimum atomic E-state index is -0.410. The van der Waals surface area contributed by atoms with Crippen molar-refractivity contribution in [2.75, 3.05) is 20.3 Å². The van der Waals surface area contributed by atoms with Gasteiger partial charge in [-0.25, -0.2) is 4.79 Å². The zero-order valence-electron chi connectivity index (χ0n) is 13.9. The Kier molecular flexibility index (Phi) is 7.88. The smallest absolute Gasteiger partial charge is 0.330 e. The number of esters is 1. The number of ether oxygens (including phenoxy) is 2. The first-order chi connectivity index (χ1) is 11.5. The molecule has 0 N–H and O–H groups in total.